The van der Waals surface area contributed by atoms with Crippen LogP contribution in [0.5, 0.6) is 0 Å². The molecule has 1 saturated heterocycles. The van der Waals surface area contributed by atoms with Crippen molar-refractivity contribution in [1.82, 2.24) is 0 Å². The third-order valence-corrected chi connectivity index (χ3v) is 5.23. The molecule has 2 aliphatic rings. The number of ether oxygens (including phenoxy) is 2. The molecule has 1 N–H and O–H groups in total. The standard InChI is InChI=1S/C22H28F3NO3/c1-15(2)28-9-3-4-16-10-17(22(23,24)25)12-18(11-16)26-7-5-20(6-8-26)29-21-13-19(27)14-21/h10-12,15,19-21,27H,5-9,13-14H2,1-2H3. The summed E-state index contributed by atoms with van der Waals surface area (Å²) in [5, 5.41) is 9.36. The maximum Gasteiger partial charge on any atom is 0.416 e. The third kappa shape index (κ3) is 6.36. The van der Waals surface area contributed by atoms with Crippen LogP contribution in [0.2, 0.25) is 0 Å². The predicted molar refractivity (Wildman–Crippen MR) is 105 cm³/mol. The Labute approximate surface area is 170 Å². The second-order valence-corrected chi connectivity index (χ2v) is 8.00. The largest absolute Gasteiger partial charge is 0.416 e. The van der Waals surface area contributed by atoms with Crippen LogP contribution in [-0.2, 0) is 15.7 Å². The number of aliphatic hydroxyl groups is 1. The van der Waals surface area contributed by atoms with Crippen LogP contribution < -0.4 is 4.90 Å². The Balaban J connectivity index is 1.67. The Morgan fingerprint density at radius 2 is 1.83 bits per heavy atom. The molecule has 0 atom stereocenters. The molecule has 1 aromatic carbocycles. The average molecular weight is 411 g/mol. The summed E-state index contributed by atoms with van der Waals surface area (Å²) < 4.78 is 51.4. The molecule has 4 nitrogen and oxygen atoms in total. The molecule has 7 heteroatoms. The minimum absolute atomic E-state index is 0.0214. The zero-order chi connectivity index (χ0) is 21.0. The van der Waals surface area contributed by atoms with Gasteiger partial charge in [0, 0.05) is 24.3 Å². The Kier molecular flexibility index (Phi) is 7.10. The number of hydrogen-bond acceptors (Lipinski definition) is 4. The first-order chi connectivity index (χ1) is 13.7. The monoisotopic (exact) mass is 411 g/mol. The van der Waals surface area contributed by atoms with Crippen LogP contribution in [0.4, 0.5) is 18.9 Å². The maximum atomic E-state index is 13.4. The summed E-state index contributed by atoms with van der Waals surface area (Å²) in [6.07, 6.45) is -1.58. The minimum atomic E-state index is -4.42. The van der Waals surface area contributed by atoms with Gasteiger partial charge in [-0.15, -0.1) is 0 Å². The normalized spacial score (nSPS) is 22.9. The number of hydrogen-bond donors (Lipinski definition) is 1. The van der Waals surface area contributed by atoms with Gasteiger partial charge in [0.05, 0.1) is 30.0 Å². The number of alkyl halides is 3. The van der Waals surface area contributed by atoms with Crippen molar-refractivity contribution in [1.29, 1.82) is 0 Å². The average Bonchev–Trinajstić information content (AvgIpc) is 2.63. The highest BCUT2D eigenvalue weighted by Crippen LogP contribution is 2.34. The topological polar surface area (TPSA) is 41.9 Å². The van der Waals surface area contributed by atoms with Crippen molar-refractivity contribution in [3.05, 3.63) is 29.3 Å². The lowest BCUT2D eigenvalue weighted by molar-refractivity contribution is -0.137. The lowest BCUT2D eigenvalue weighted by atomic mass is 9.91. The molecule has 3 rings (SSSR count). The fourth-order valence-corrected chi connectivity index (χ4v) is 3.55. The van der Waals surface area contributed by atoms with Gasteiger partial charge in [-0.3, -0.25) is 0 Å². The number of nitrogens with zero attached hydrogens (tertiary/aromatic N) is 1. The van der Waals surface area contributed by atoms with E-state index in [1.165, 1.54) is 6.07 Å². The fourth-order valence-electron chi connectivity index (χ4n) is 3.55. The van der Waals surface area contributed by atoms with E-state index < -0.39 is 11.7 Å². The second-order valence-electron chi connectivity index (χ2n) is 8.00. The summed E-state index contributed by atoms with van der Waals surface area (Å²) in [6.45, 7) is 5.20. The molecule has 0 bridgehead atoms. The molecule has 0 aromatic heterocycles. The van der Waals surface area contributed by atoms with Crippen LogP contribution in [-0.4, -0.2) is 49.2 Å². The number of halogens is 3. The van der Waals surface area contributed by atoms with E-state index >= 15 is 0 Å². The van der Waals surface area contributed by atoms with Crippen LogP contribution in [0.3, 0.4) is 0 Å². The number of anilines is 1. The Morgan fingerprint density at radius 3 is 2.41 bits per heavy atom. The molecule has 1 aliphatic heterocycles. The predicted octanol–water partition coefficient (Wildman–Crippen LogP) is 3.99. The second kappa shape index (κ2) is 9.38. The molecular formula is C22H28F3NO3. The van der Waals surface area contributed by atoms with Crippen LogP contribution >= 0.6 is 0 Å². The number of aliphatic hydroxyl groups excluding tert-OH is 1. The first kappa shape index (κ1) is 21.9. The lowest BCUT2D eigenvalue weighted by Crippen LogP contribution is -2.43. The molecule has 1 heterocycles. The van der Waals surface area contributed by atoms with Gasteiger partial charge in [-0.1, -0.05) is 11.8 Å². The van der Waals surface area contributed by atoms with E-state index in [1.807, 2.05) is 18.7 Å². The van der Waals surface area contributed by atoms with Crippen molar-refractivity contribution >= 4 is 5.69 Å². The highest BCUT2D eigenvalue weighted by molar-refractivity contribution is 5.56. The summed E-state index contributed by atoms with van der Waals surface area (Å²) >= 11 is 0. The summed E-state index contributed by atoms with van der Waals surface area (Å²) in [5.41, 5.74) is 0.182. The summed E-state index contributed by atoms with van der Waals surface area (Å²) in [6, 6.07) is 3.99. The Bertz CT molecular complexity index is 740. The molecule has 1 aliphatic carbocycles. The molecule has 0 radical (unpaired) electrons. The first-order valence-electron chi connectivity index (χ1n) is 10.1. The van der Waals surface area contributed by atoms with Crippen LogP contribution in [0.15, 0.2) is 18.2 Å². The van der Waals surface area contributed by atoms with Crippen LogP contribution in [0.1, 0.15) is 50.7 Å². The van der Waals surface area contributed by atoms with Crippen molar-refractivity contribution in [3.8, 4) is 11.8 Å². The Morgan fingerprint density at radius 1 is 1.14 bits per heavy atom. The van der Waals surface area contributed by atoms with Gasteiger partial charge in [0.2, 0.25) is 0 Å². The zero-order valence-electron chi connectivity index (χ0n) is 16.8. The molecule has 0 amide bonds. The van der Waals surface area contributed by atoms with E-state index in [4.69, 9.17) is 9.47 Å². The highest BCUT2D eigenvalue weighted by Gasteiger charge is 2.33. The molecule has 1 aromatic rings. The number of piperidine rings is 1. The van der Waals surface area contributed by atoms with Crippen molar-refractivity contribution < 1.29 is 27.8 Å². The van der Waals surface area contributed by atoms with E-state index in [9.17, 15) is 18.3 Å². The Hall–Kier alpha value is -1.75. The highest BCUT2D eigenvalue weighted by atomic mass is 19.4. The van der Waals surface area contributed by atoms with Crippen molar-refractivity contribution in [2.24, 2.45) is 0 Å². The molecule has 29 heavy (non-hydrogen) atoms. The van der Waals surface area contributed by atoms with Gasteiger partial charge in [0.25, 0.3) is 0 Å². The van der Waals surface area contributed by atoms with Gasteiger partial charge >= 0.3 is 6.18 Å². The smallest absolute Gasteiger partial charge is 0.393 e. The van der Waals surface area contributed by atoms with Gasteiger partial charge in [0.1, 0.15) is 6.61 Å². The maximum absolute atomic E-state index is 13.4. The van der Waals surface area contributed by atoms with E-state index in [1.54, 1.807) is 6.07 Å². The van der Waals surface area contributed by atoms with Gasteiger partial charge in [0.15, 0.2) is 0 Å². The van der Waals surface area contributed by atoms with Crippen LogP contribution in [0, 0.1) is 11.8 Å². The number of benzene rings is 1. The van der Waals surface area contributed by atoms with Crippen molar-refractivity contribution in [3.63, 3.8) is 0 Å². The summed E-state index contributed by atoms with van der Waals surface area (Å²) in [5.74, 6) is 5.58. The third-order valence-electron chi connectivity index (χ3n) is 5.23. The van der Waals surface area contributed by atoms with Gasteiger partial charge in [-0.2, -0.15) is 13.2 Å². The summed E-state index contributed by atoms with van der Waals surface area (Å²) in [4.78, 5) is 1.96. The molecular weight excluding hydrogens is 383 g/mol. The minimum Gasteiger partial charge on any atom is -0.393 e. The quantitative estimate of drug-likeness (QED) is 0.744. The number of rotatable bonds is 5. The van der Waals surface area contributed by atoms with E-state index in [0.717, 1.165) is 18.9 Å². The first-order valence-corrected chi connectivity index (χ1v) is 10.1. The molecule has 2 fully saturated rings. The van der Waals surface area contributed by atoms with Crippen LogP contribution in [0.25, 0.3) is 0 Å². The van der Waals surface area contributed by atoms with Crippen molar-refractivity contribution in [2.45, 2.75) is 70.1 Å². The van der Waals surface area contributed by atoms with Crippen molar-refractivity contribution in [2.75, 3.05) is 24.6 Å². The van der Waals surface area contributed by atoms with Gasteiger partial charge < -0.3 is 19.5 Å². The van der Waals surface area contributed by atoms with E-state index in [-0.39, 0.29) is 31.0 Å². The van der Waals surface area contributed by atoms with E-state index in [0.29, 0.717) is 37.2 Å². The molecule has 1 saturated carbocycles. The van der Waals surface area contributed by atoms with Gasteiger partial charge in [-0.25, -0.2) is 0 Å². The van der Waals surface area contributed by atoms with Gasteiger partial charge in [-0.05, 0) is 57.7 Å². The summed E-state index contributed by atoms with van der Waals surface area (Å²) in [7, 11) is 0. The molecule has 0 spiro atoms. The SMILES string of the molecule is CC(C)OCC#Cc1cc(N2CCC(OC3CC(O)C3)CC2)cc(C(F)(F)F)c1. The molecule has 0 unspecified atom stereocenters. The fraction of sp³-hybridized carbons (Fsp3) is 0.636. The lowest BCUT2D eigenvalue weighted by Gasteiger charge is -2.39. The zero-order valence-corrected chi connectivity index (χ0v) is 16.8. The molecule has 160 valence electrons. The van der Waals surface area contributed by atoms with E-state index in [2.05, 4.69) is 11.8 Å².